The van der Waals surface area contributed by atoms with E-state index in [4.69, 9.17) is 72.9 Å². The molecule has 4 heterocycles. The Morgan fingerprint density at radius 3 is 2.29 bits per heavy atom. The maximum atomic E-state index is 13.9. The molecule has 236 valence electrons. The van der Waals surface area contributed by atoms with Crippen LogP contribution in [0, 0.1) is 6.92 Å². The lowest BCUT2D eigenvalue weighted by Gasteiger charge is -2.13. The molecular formula is C27H17Cl5F3N5O4S. The lowest BCUT2D eigenvalue weighted by Crippen LogP contribution is -2.16. The van der Waals surface area contributed by atoms with Gasteiger partial charge in [-0.05, 0) is 37.6 Å². The summed E-state index contributed by atoms with van der Waals surface area (Å²) >= 11 is 31.1. The van der Waals surface area contributed by atoms with Gasteiger partial charge in [0.2, 0.25) is 0 Å². The number of thiophene rings is 1. The van der Waals surface area contributed by atoms with Crippen LogP contribution in [0.4, 0.5) is 18.9 Å². The Balaban J connectivity index is 1.52. The quantitative estimate of drug-likeness (QED) is 0.121. The number of rotatable bonds is 8. The van der Waals surface area contributed by atoms with E-state index in [1.165, 1.54) is 18.3 Å². The molecule has 0 spiro atoms. The van der Waals surface area contributed by atoms with Gasteiger partial charge < -0.3 is 20.2 Å². The van der Waals surface area contributed by atoms with E-state index >= 15 is 0 Å². The van der Waals surface area contributed by atoms with Gasteiger partial charge in [-0.25, -0.2) is 4.98 Å². The van der Waals surface area contributed by atoms with Crippen molar-refractivity contribution in [2.24, 2.45) is 5.73 Å². The number of nitrogens with one attached hydrogen (secondary N) is 1. The fourth-order valence-corrected chi connectivity index (χ4v) is 6.62. The molecule has 5 rings (SSSR count). The van der Waals surface area contributed by atoms with Crippen LogP contribution in [-0.2, 0) is 19.3 Å². The number of benzene rings is 1. The maximum absolute atomic E-state index is 13.9. The zero-order valence-corrected chi connectivity index (χ0v) is 27.3. The topological polar surface area (TPSA) is 125 Å². The Kier molecular flexibility index (Phi) is 9.24. The van der Waals surface area contributed by atoms with Crippen molar-refractivity contribution in [2.75, 3.05) is 5.32 Å². The SMILES string of the molecule is CCn1ncc(-c2cc(C(F)(F)F)nc3sc(C(N)=O)c(NC(=O)c4ccc(COc5c(Cl)c(Cl)c(Cl)c(Cl)c5Cl)o4)c23)c1C. The number of amides is 2. The highest BCUT2D eigenvalue weighted by Crippen LogP contribution is 2.48. The van der Waals surface area contributed by atoms with Crippen LogP contribution in [0.25, 0.3) is 21.3 Å². The van der Waals surface area contributed by atoms with E-state index < -0.39 is 23.7 Å². The summed E-state index contributed by atoms with van der Waals surface area (Å²) in [6.45, 7) is 3.68. The molecular weight excluding hydrogens is 725 g/mol. The third kappa shape index (κ3) is 6.17. The molecule has 0 atom stereocenters. The number of alkyl halides is 3. The van der Waals surface area contributed by atoms with Crippen LogP contribution in [0.3, 0.4) is 0 Å². The van der Waals surface area contributed by atoms with Crippen LogP contribution in [0.5, 0.6) is 5.75 Å². The van der Waals surface area contributed by atoms with Gasteiger partial charge in [0.05, 0.1) is 27.0 Å². The first-order chi connectivity index (χ1) is 21.1. The Morgan fingerprint density at radius 1 is 1.07 bits per heavy atom. The number of aromatic nitrogens is 3. The van der Waals surface area contributed by atoms with Crippen molar-refractivity contribution in [2.45, 2.75) is 33.2 Å². The normalized spacial score (nSPS) is 11.8. The first-order valence-electron chi connectivity index (χ1n) is 12.6. The van der Waals surface area contributed by atoms with Crippen molar-refractivity contribution >= 4 is 97.1 Å². The summed E-state index contributed by atoms with van der Waals surface area (Å²) in [6, 6.07) is 3.57. The number of hydrogen-bond donors (Lipinski definition) is 2. The molecule has 0 saturated heterocycles. The summed E-state index contributed by atoms with van der Waals surface area (Å²) < 4.78 is 54.4. The van der Waals surface area contributed by atoms with E-state index in [1.807, 2.05) is 6.92 Å². The number of ether oxygens (including phenoxy) is 1. The zero-order valence-electron chi connectivity index (χ0n) is 22.7. The minimum Gasteiger partial charge on any atom is -0.482 e. The monoisotopic (exact) mass is 739 g/mol. The molecule has 0 bridgehead atoms. The van der Waals surface area contributed by atoms with Crippen molar-refractivity contribution in [3.63, 3.8) is 0 Å². The van der Waals surface area contributed by atoms with Gasteiger partial charge in [-0.2, -0.15) is 18.3 Å². The van der Waals surface area contributed by atoms with Crippen LogP contribution in [0.1, 0.15) is 44.3 Å². The Bertz CT molecular complexity index is 1980. The van der Waals surface area contributed by atoms with Crippen LogP contribution < -0.4 is 15.8 Å². The van der Waals surface area contributed by atoms with Crippen LogP contribution in [0.2, 0.25) is 25.1 Å². The largest absolute Gasteiger partial charge is 0.482 e. The van der Waals surface area contributed by atoms with Crippen LogP contribution in [0.15, 0.2) is 28.8 Å². The number of nitrogens with two attached hydrogens (primary N) is 1. The second-order valence-electron chi connectivity index (χ2n) is 9.27. The van der Waals surface area contributed by atoms with Gasteiger partial charge >= 0.3 is 6.18 Å². The number of primary amides is 1. The number of hydrogen-bond acceptors (Lipinski definition) is 7. The molecule has 0 radical (unpaired) electrons. The number of halogens is 8. The van der Waals surface area contributed by atoms with Crippen molar-refractivity contribution in [3.8, 4) is 16.9 Å². The number of fused-ring (bicyclic) bond motifs is 1. The van der Waals surface area contributed by atoms with Gasteiger partial charge in [0.1, 0.15) is 37.8 Å². The van der Waals surface area contributed by atoms with Crippen molar-refractivity contribution in [1.82, 2.24) is 14.8 Å². The van der Waals surface area contributed by atoms with Gasteiger partial charge in [-0.15, -0.1) is 11.3 Å². The molecule has 0 aliphatic rings. The van der Waals surface area contributed by atoms with E-state index in [9.17, 15) is 22.8 Å². The van der Waals surface area contributed by atoms with E-state index in [1.54, 1.807) is 11.6 Å². The third-order valence-electron chi connectivity index (χ3n) is 6.52. The Hall–Kier alpha value is -3.20. The summed E-state index contributed by atoms with van der Waals surface area (Å²) in [7, 11) is 0. The van der Waals surface area contributed by atoms with E-state index in [0.29, 0.717) is 29.1 Å². The molecule has 45 heavy (non-hydrogen) atoms. The second kappa shape index (κ2) is 12.5. The highest BCUT2D eigenvalue weighted by Gasteiger charge is 2.35. The molecule has 0 fully saturated rings. The summed E-state index contributed by atoms with van der Waals surface area (Å²) in [4.78, 5) is 29.1. The number of carbonyl (C=O) groups is 2. The number of nitrogens with zero attached hydrogens (tertiary/aromatic N) is 3. The van der Waals surface area contributed by atoms with Gasteiger partial charge in [-0.3, -0.25) is 14.3 Å². The number of anilines is 1. The Labute approximate surface area is 280 Å². The van der Waals surface area contributed by atoms with Gasteiger partial charge in [-0.1, -0.05) is 58.0 Å². The number of carbonyl (C=O) groups excluding carboxylic acids is 2. The number of furan rings is 1. The molecule has 1 aromatic carbocycles. The van der Waals surface area contributed by atoms with E-state index in [0.717, 1.165) is 6.07 Å². The van der Waals surface area contributed by atoms with Gasteiger partial charge in [0, 0.05) is 23.2 Å². The molecule has 2 amide bonds. The summed E-state index contributed by atoms with van der Waals surface area (Å²) in [6.07, 6.45) is -3.40. The van der Waals surface area contributed by atoms with Crippen molar-refractivity contribution in [3.05, 3.63) is 77.3 Å². The smallest absolute Gasteiger partial charge is 0.433 e. The molecule has 3 N–H and O–H groups in total. The molecule has 18 heteroatoms. The average molecular weight is 742 g/mol. The Morgan fingerprint density at radius 2 is 1.71 bits per heavy atom. The maximum Gasteiger partial charge on any atom is 0.433 e. The summed E-state index contributed by atoms with van der Waals surface area (Å²) in [5.41, 5.74) is 5.20. The first-order valence-corrected chi connectivity index (χ1v) is 15.3. The molecule has 9 nitrogen and oxygen atoms in total. The lowest BCUT2D eigenvalue weighted by molar-refractivity contribution is -0.140. The predicted molar refractivity (Wildman–Crippen MR) is 167 cm³/mol. The fraction of sp³-hybridized carbons (Fsp3) is 0.185. The van der Waals surface area contributed by atoms with Gasteiger partial charge in [0.15, 0.2) is 11.5 Å². The minimum atomic E-state index is -4.80. The molecule has 0 saturated carbocycles. The first kappa shape index (κ1) is 33.2. The number of pyridine rings is 1. The summed E-state index contributed by atoms with van der Waals surface area (Å²) in [5.74, 6) is -2.00. The molecule has 0 unspecified atom stereocenters. The molecule has 5 aromatic rings. The van der Waals surface area contributed by atoms with Crippen LogP contribution in [-0.4, -0.2) is 26.6 Å². The zero-order chi connectivity index (χ0) is 33.0. The minimum absolute atomic E-state index is 0.0474. The average Bonchev–Trinajstić information content (AvgIpc) is 3.71. The molecule has 0 aliphatic carbocycles. The van der Waals surface area contributed by atoms with Gasteiger partial charge in [0.25, 0.3) is 11.8 Å². The predicted octanol–water partition coefficient (Wildman–Crippen LogP) is 9.30. The fourth-order valence-electron chi connectivity index (χ4n) is 4.39. The highest BCUT2D eigenvalue weighted by molar-refractivity contribution is 7.21. The second-order valence-corrected chi connectivity index (χ2v) is 12.2. The van der Waals surface area contributed by atoms with Crippen molar-refractivity contribution in [1.29, 1.82) is 0 Å². The van der Waals surface area contributed by atoms with E-state index in [-0.39, 0.29) is 75.3 Å². The number of aryl methyl sites for hydroxylation is 1. The molecule has 4 aromatic heterocycles. The van der Waals surface area contributed by atoms with E-state index in [2.05, 4.69) is 15.4 Å². The van der Waals surface area contributed by atoms with Crippen molar-refractivity contribution < 1.29 is 31.9 Å². The lowest BCUT2D eigenvalue weighted by atomic mass is 10.0. The third-order valence-corrected chi connectivity index (χ3v) is 9.86. The molecule has 0 aliphatic heterocycles. The standard InChI is InChI=1S/C27H17Cl5F3N5O4S/c1-3-40-9(2)12(7-37-40)11-6-14(27(33,34)35)38-26-15(11)21(23(45-26)24(36)41)39-25(42)13-5-4-10(44-13)8-43-22-19(31)17(29)16(28)18(30)20(22)32/h4-7H,3,8H2,1-2H3,(H2,36,41)(H,39,42). The van der Waals surface area contributed by atoms with Crippen LogP contribution >= 0.6 is 69.3 Å². The highest BCUT2D eigenvalue weighted by atomic mass is 35.5. The summed E-state index contributed by atoms with van der Waals surface area (Å²) in [5, 5.41) is 6.46.